The lowest BCUT2D eigenvalue weighted by Gasteiger charge is -2.37. The zero-order valence-electron chi connectivity index (χ0n) is 27.7. The molecule has 3 aromatic rings. The van der Waals surface area contributed by atoms with Crippen LogP contribution in [0.2, 0.25) is 0 Å². The summed E-state index contributed by atoms with van der Waals surface area (Å²) in [6, 6.07) is 22.3. The van der Waals surface area contributed by atoms with Gasteiger partial charge in [0, 0.05) is 44.8 Å². The summed E-state index contributed by atoms with van der Waals surface area (Å²) < 4.78 is 11.6. The van der Waals surface area contributed by atoms with Crippen molar-refractivity contribution in [2.45, 2.75) is 64.4 Å². The highest BCUT2D eigenvalue weighted by atomic mass is 16.5. The van der Waals surface area contributed by atoms with Crippen LogP contribution in [-0.4, -0.2) is 96.3 Å². The number of carbonyl (C=O) groups is 1. The molecule has 3 aromatic carbocycles. The molecule has 0 spiro atoms. The molecule has 45 heavy (non-hydrogen) atoms. The van der Waals surface area contributed by atoms with Crippen LogP contribution < -0.4 is 4.74 Å². The Balaban J connectivity index is 1.09. The van der Waals surface area contributed by atoms with Crippen LogP contribution in [0.3, 0.4) is 0 Å². The van der Waals surface area contributed by atoms with Gasteiger partial charge >= 0.3 is 0 Å². The number of methoxy groups -OCH3 is 1. The highest BCUT2D eigenvalue weighted by molar-refractivity contribution is 5.82. The number of nitrogens with zero attached hydrogens (tertiary/aromatic N) is 4. The second-order valence-electron chi connectivity index (χ2n) is 13.3. The van der Waals surface area contributed by atoms with E-state index >= 15 is 0 Å². The van der Waals surface area contributed by atoms with Crippen molar-refractivity contribution >= 4 is 5.91 Å². The van der Waals surface area contributed by atoms with Gasteiger partial charge in [-0.3, -0.25) is 19.5 Å². The van der Waals surface area contributed by atoms with E-state index in [1.54, 1.807) is 13.2 Å². The lowest BCUT2D eigenvalue weighted by Crippen LogP contribution is -2.54. The van der Waals surface area contributed by atoms with Gasteiger partial charge < -0.3 is 19.5 Å². The number of rotatable bonds is 13. The number of hydrogen-bond donors (Lipinski definition) is 1. The van der Waals surface area contributed by atoms with Crippen molar-refractivity contribution in [2.75, 3.05) is 54.1 Å². The SMILES string of the molecule is COc1cc(CCC(C)(C)N2Cc3cccc(COCN4CCN(C(=O)C(Cc5ccccc5)N(C)C)CC4)c3C2)ccc1O. The number of phenols is 1. The fourth-order valence-electron chi connectivity index (χ4n) is 6.46. The van der Waals surface area contributed by atoms with Crippen molar-refractivity contribution in [3.8, 4) is 11.5 Å². The quantitative estimate of drug-likeness (QED) is 0.293. The van der Waals surface area contributed by atoms with Crippen molar-refractivity contribution in [3.63, 3.8) is 0 Å². The third-order valence-electron chi connectivity index (χ3n) is 9.60. The molecule has 242 valence electrons. The number of hydrogen-bond acceptors (Lipinski definition) is 7. The van der Waals surface area contributed by atoms with Crippen LogP contribution in [-0.2, 0) is 42.1 Å². The van der Waals surface area contributed by atoms with Crippen molar-refractivity contribution in [1.29, 1.82) is 0 Å². The maximum Gasteiger partial charge on any atom is 0.240 e. The van der Waals surface area contributed by atoms with Gasteiger partial charge in [-0.1, -0.05) is 54.6 Å². The van der Waals surface area contributed by atoms with Crippen molar-refractivity contribution in [2.24, 2.45) is 0 Å². The first-order chi connectivity index (χ1) is 21.6. The fraction of sp³-hybridized carbons (Fsp3) is 0.486. The predicted molar refractivity (Wildman–Crippen MR) is 178 cm³/mol. The van der Waals surface area contributed by atoms with Gasteiger partial charge in [-0.2, -0.15) is 0 Å². The van der Waals surface area contributed by atoms with E-state index in [9.17, 15) is 9.90 Å². The number of likely N-dealkylation sites (N-methyl/N-ethyl adjacent to an activating group) is 1. The zero-order valence-corrected chi connectivity index (χ0v) is 27.7. The summed E-state index contributed by atoms with van der Waals surface area (Å²) in [6.07, 6.45) is 2.63. The van der Waals surface area contributed by atoms with E-state index in [0.717, 1.165) is 58.5 Å². The maximum atomic E-state index is 13.4. The summed E-state index contributed by atoms with van der Waals surface area (Å²) in [4.78, 5) is 22.4. The average Bonchev–Trinajstić information content (AvgIpc) is 3.50. The summed E-state index contributed by atoms with van der Waals surface area (Å²) in [5, 5.41) is 9.94. The largest absolute Gasteiger partial charge is 0.504 e. The van der Waals surface area contributed by atoms with Gasteiger partial charge in [-0.15, -0.1) is 0 Å². The van der Waals surface area contributed by atoms with Crippen molar-refractivity contribution in [3.05, 3.63) is 94.5 Å². The minimum atomic E-state index is -0.156. The van der Waals surface area contributed by atoms with Gasteiger partial charge in [0.25, 0.3) is 0 Å². The maximum absolute atomic E-state index is 13.4. The number of aryl methyl sites for hydroxylation is 1. The molecule has 0 saturated carbocycles. The molecule has 2 aliphatic rings. The standard InChI is InChI=1S/C37H50N4O4/c1-37(2,17-16-29-14-15-34(42)35(23-29)44-5)41-24-30-12-9-13-31(32(30)25-41)26-45-27-39-18-20-40(21-19-39)36(43)33(38(3)4)22-28-10-7-6-8-11-28/h6-15,23,33,42H,16-22,24-27H2,1-5H3. The third-order valence-corrected chi connectivity index (χ3v) is 9.60. The summed E-state index contributed by atoms with van der Waals surface area (Å²) >= 11 is 0. The summed E-state index contributed by atoms with van der Waals surface area (Å²) in [7, 11) is 5.57. The van der Waals surface area contributed by atoms with Crippen LogP contribution in [0, 0.1) is 0 Å². The molecule has 1 unspecified atom stereocenters. The Kier molecular flexibility index (Phi) is 10.8. The molecule has 8 nitrogen and oxygen atoms in total. The number of amides is 1. The van der Waals surface area contributed by atoms with Gasteiger partial charge in [-0.05, 0) is 87.2 Å². The zero-order chi connectivity index (χ0) is 32.0. The van der Waals surface area contributed by atoms with E-state index in [1.807, 2.05) is 54.2 Å². The molecular formula is C37H50N4O4. The summed E-state index contributed by atoms with van der Waals surface area (Å²) in [5.74, 6) is 0.908. The topological polar surface area (TPSA) is 68.7 Å². The second kappa shape index (κ2) is 14.8. The van der Waals surface area contributed by atoms with Gasteiger partial charge in [0.15, 0.2) is 11.5 Å². The molecule has 1 amide bonds. The molecule has 1 fully saturated rings. The molecule has 1 N–H and O–H groups in total. The Labute approximate surface area is 269 Å². The van der Waals surface area contributed by atoms with Crippen LogP contribution >= 0.6 is 0 Å². The Morgan fingerprint density at radius 1 is 0.956 bits per heavy atom. The number of benzene rings is 3. The number of piperazine rings is 1. The molecule has 2 aliphatic heterocycles. The average molecular weight is 615 g/mol. The number of fused-ring (bicyclic) bond motifs is 1. The lowest BCUT2D eigenvalue weighted by atomic mass is 9.93. The predicted octanol–water partition coefficient (Wildman–Crippen LogP) is 4.92. The van der Waals surface area contributed by atoms with Gasteiger partial charge in [-0.25, -0.2) is 0 Å². The Morgan fingerprint density at radius 3 is 2.42 bits per heavy atom. The van der Waals surface area contributed by atoms with E-state index in [4.69, 9.17) is 9.47 Å². The highest BCUT2D eigenvalue weighted by Gasteiger charge is 2.33. The Hall–Kier alpha value is -3.43. The molecule has 8 heteroatoms. The first-order valence-electron chi connectivity index (χ1n) is 16.1. The lowest BCUT2D eigenvalue weighted by molar-refractivity contribution is -0.138. The van der Waals surface area contributed by atoms with E-state index in [0.29, 0.717) is 19.1 Å². The normalized spacial score (nSPS) is 16.6. The van der Waals surface area contributed by atoms with E-state index in [1.165, 1.54) is 27.8 Å². The fourth-order valence-corrected chi connectivity index (χ4v) is 6.46. The number of aromatic hydroxyl groups is 1. The molecule has 0 bridgehead atoms. The monoisotopic (exact) mass is 614 g/mol. The number of phenolic OH excluding ortho intramolecular Hbond substituents is 1. The van der Waals surface area contributed by atoms with E-state index in [-0.39, 0.29) is 23.2 Å². The van der Waals surface area contributed by atoms with Crippen molar-refractivity contribution < 1.29 is 19.4 Å². The van der Waals surface area contributed by atoms with Gasteiger partial charge in [0.2, 0.25) is 5.91 Å². The second-order valence-corrected chi connectivity index (χ2v) is 13.3. The Bertz CT molecular complexity index is 1420. The van der Waals surface area contributed by atoms with Crippen LogP contribution in [0.4, 0.5) is 0 Å². The third kappa shape index (κ3) is 8.24. The highest BCUT2D eigenvalue weighted by Crippen LogP contribution is 2.35. The molecule has 1 saturated heterocycles. The van der Waals surface area contributed by atoms with Crippen LogP contribution in [0.25, 0.3) is 0 Å². The molecule has 2 heterocycles. The minimum Gasteiger partial charge on any atom is -0.504 e. The van der Waals surface area contributed by atoms with Crippen LogP contribution in [0.5, 0.6) is 11.5 Å². The Morgan fingerprint density at radius 2 is 1.71 bits per heavy atom. The van der Waals surface area contributed by atoms with Crippen LogP contribution in [0.1, 0.15) is 48.1 Å². The number of ether oxygens (including phenoxy) is 2. The molecule has 0 aromatic heterocycles. The van der Waals surface area contributed by atoms with Crippen LogP contribution in [0.15, 0.2) is 66.7 Å². The molecule has 1 atom stereocenters. The van der Waals surface area contributed by atoms with E-state index in [2.05, 4.69) is 54.0 Å². The van der Waals surface area contributed by atoms with E-state index < -0.39 is 0 Å². The summed E-state index contributed by atoms with van der Waals surface area (Å²) in [5.41, 5.74) is 6.39. The van der Waals surface area contributed by atoms with Gasteiger partial charge in [0.1, 0.15) is 0 Å². The molecule has 0 aliphatic carbocycles. The molecule has 0 radical (unpaired) electrons. The number of carbonyl (C=O) groups excluding carboxylic acids is 1. The molecule has 5 rings (SSSR count). The molecular weight excluding hydrogens is 564 g/mol. The first-order valence-corrected chi connectivity index (χ1v) is 16.1. The summed E-state index contributed by atoms with van der Waals surface area (Å²) in [6.45, 7) is 10.7. The minimum absolute atomic E-state index is 0.00602. The van der Waals surface area contributed by atoms with Crippen molar-refractivity contribution in [1.82, 2.24) is 19.6 Å². The van der Waals surface area contributed by atoms with Gasteiger partial charge in [0.05, 0.1) is 26.5 Å². The first kappa shape index (κ1) is 32.9. The smallest absolute Gasteiger partial charge is 0.240 e.